The normalized spacial score (nSPS) is 10.8. The van der Waals surface area contributed by atoms with E-state index in [2.05, 4.69) is 9.97 Å². The summed E-state index contributed by atoms with van der Waals surface area (Å²) in [7, 11) is 0. The third-order valence-electron chi connectivity index (χ3n) is 2.87. The number of benzene rings is 2. The van der Waals surface area contributed by atoms with E-state index in [4.69, 9.17) is 23.2 Å². The van der Waals surface area contributed by atoms with E-state index >= 15 is 0 Å². The van der Waals surface area contributed by atoms with Crippen LogP contribution in [0.5, 0.6) is 0 Å². The zero-order valence-electron chi connectivity index (χ0n) is 9.98. The van der Waals surface area contributed by atoms with Crippen LogP contribution in [0.2, 0.25) is 5.02 Å². The van der Waals surface area contributed by atoms with E-state index in [9.17, 15) is 0 Å². The molecule has 3 aromatic rings. The molecule has 2 nitrogen and oxygen atoms in total. The summed E-state index contributed by atoms with van der Waals surface area (Å²) in [6.45, 7) is 0. The molecule has 1 aromatic heterocycles. The van der Waals surface area contributed by atoms with Crippen LogP contribution in [-0.4, -0.2) is 9.97 Å². The molecule has 2 aromatic carbocycles. The Labute approximate surface area is 121 Å². The fourth-order valence-electron chi connectivity index (χ4n) is 2.02. The molecular weight excluding hydrogens is 279 g/mol. The van der Waals surface area contributed by atoms with Gasteiger partial charge in [-0.2, -0.15) is 0 Å². The first-order valence-electron chi connectivity index (χ1n) is 5.85. The summed E-state index contributed by atoms with van der Waals surface area (Å²) >= 11 is 11.9. The SMILES string of the molecule is ClCc1nc(-c2ccccc2)c2cc(Cl)ccc2n1. The van der Waals surface area contributed by atoms with Crippen molar-refractivity contribution in [3.63, 3.8) is 0 Å². The van der Waals surface area contributed by atoms with Crippen molar-refractivity contribution in [1.29, 1.82) is 0 Å². The predicted molar refractivity (Wildman–Crippen MR) is 79.5 cm³/mol. The highest BCUT2D eigenvalue weighted by molar-refractivity contribution is 6.31. The van der Waals surface area contributed by atoms with Gasteiger partial charge in [0.2, 0.25) is 0 Å². The van der Waals surface area contributed by atoms with Crippen molar-refractivity contribution < 1.29 is 0 Å². The van der Waals surface area contributed by atoms with Crippen molar-refractivity contribution in [2.24, 2.45) is 0 Å². The Kier molecular flexibility index (Phi) is 3.36. The monoisotopic (exact) mass is 288 g/mol. The second-order valence-electron chi connectivity index (χ2n) is 4.15. The molecule has 0 aliphatic rings. The minimum absolute atomic E-state index is 0.290. The van der Waals surface area contributed by atoms with Crippen LogP contribution in [0.25, 0.3) is 22.2 Å². The fourth-order valence-corrected chi connectivity index (χ4v) is 2.32. The van der Waals surface area contributed by atoms with E-state index in [1.807, 2.05) is 48.5 Å². The molecule has 0 bridgehead atoms. The number of halogens is 2. The Morgan fingerprint density at radius 1 is 0.947 bits per heavy atom. The average molecular weight is 289 g/mol. The zero-order valence-corrected chi connectivity index (χ0v) is 11.5. The molecule has 0 saturated heterocycles. The van der Waals surface area contributed by atoms with Crippen LogP contribution in [0.3, 0.4) is 0 Å². The highest BCUT2D eigenvalue weighted by atomic mass is 35.5. The van der Waals surface area contributed by atoms with Crippen molar-refractivity contribution in [3.05, 3.63) is 59.4 Å². The third-order valence-corrected chi connectivity index (χ3v) is 3.34. The second kappa shape index (κ2) is 5.16. The van der Waals surface area contributed by atoms with Gasteiger partial charge >= 0.3 is 0 Å². The van der Waals surface area contributed by atoms with E-state index < -0.39 is 0 Å². The number of aromatic nitrogens is 2. The number of nitrogens with zero attached hydrogens (tertiary/aromatic N) is 2. The lowest BCUT2D eigenvalue weighted by atomic mass is 10.1. The van der Waals surface area contributed by atoms with Crippen LogP contribution < -0.4 is 0 Å². The second-order valence-corrected chi connectivity index (χ2v) is 4.85. The lowest BCUT2D eigenvalue weighted by Gasteiger charge is -2.08. The molecule has 0 fully saturated rings. The first-order chi connectivity index (χ1) is 9.28. The van der Waals surface area contributed by atoms with Crippen molar-refractivity contribution in [3.8, 4) is 11.3 Å². The van der Waals surface area contributed by atoms with E-state index in [1.165, 1.54) is 0 Å². The summed E-state index contributed by atoms with van der Waals surface area (Å²) in [6.07, 6.45) is 0. The molecule has 0 radical (unpaired) electrons. The van der Waals surface area contributed by atoms with E-state index in [-0.39, 0.29) is 0 Å². The summed E-state index contributed by atoms with van der Waals surface area (Å²) in [5.74, 6) is 0.911. The zero-order chi connectivity index (χ0) is 13.2. The summed E-state index contributed by atoms with van der Waals surface area (Å²) < 4.78 is 0. The van der Waals surface area contributed by atoms with Gasteiger partial charge in [-0.05, 0) is 18.2 Å². The molecule has 3 rings (SSSR count). The molecular formula is C15H10Cl2N2. The smallest absolute Gasteiger partial charge is 0.144 e. The lowest BCUT2D eigenvalue weighted by Crippen LogP contribution is -1.96. The molecule has 0 saturated carbocycles. The van der Waals surface area contributed by atoms with Crippen LogP contribution in [0.1, 0.15) is 5.82 Å². The van der Waals surface area contributed by atoms with E-state index in [0.29, 0.717) is 16.7 Å². The molecule has 94 valence electrons. The molecule has 19 heavy (non-hydrogen) atoms. The van der Waals surface area contributed by atoms with Gasteiger partial charge in [0.1, 0.15) is 5.82 Å². The Hall–Kier alpha value is -1.64. The van der Waals surface area contributed by atoms with Gasteiger partial charge in [0.25, 0.3) is 0 Å². The molecule has 0 atom stereocenters. The summed E-state index contributed by atoms with van der Waals surface area (Å²) in [5, 5.41) is 1.61. The lowest BCUT2D eigenvalue weighted by molar-refractivity contribution is 1.07. The summed E-state index contributed by atoms with van der Waals surface area (Å²) in [4.78, 5) is 8.95. The van der Waals surface area contributed by atoms with Gasteiger partial charge < -0.3 is 0 Å². The van der Waals surface area contributed by atoms with Gasteiger partial charge in [-0.1, -0.05) is 41.9 Å². The van der Waals surface area contributed by atoms with Crippen molar-refractivity contribution in [2.45, 2.75) is 5.88 Å². The highest BCUT2D eigenvalue weighted by Crippen LogP contribution is 2.28. The van der Waals surface area contributed by atoms with E-state index in [1.54, 1.807) is 0 Å². The highest BCUT2D eigenvalue weighted by Gasteiger charge is 2.09. The Morgan fingerprint density at radius 2 is 1.74 bits per heavy atom. The molecule has 0 N–H and O–H groups in total. The molecule has 0 aliphatic heterocycles. The van der Waals surface area contributed by atoms with Crippen LogP contribution in [-0.2, 0) is 5.88 Å². The molecule has 4 heteroatoms. The van der Waals surface area contributed by atoms with Crippen molar-refractivity contribution in [2.75, 3.05) is 0 Å². The minimum Gasteiger partial charge on any atom is -0.232 e. The van der Waals surface area contributed by atoms with Crippen molar-refractivity contribution in [1.82, 2.24) is 9.97 Å². The first kappa shape index (κ1) is 12.4. The summed E-state index contributed by atoms with van der Waals surface area (Å²) in [5.41, 5.74) is 2.75. The third kappa shape index (κ3) is 2.42. The van der Waals surface area contributed by atoms with Gasteiger partial charge in [-0.25, -0.2) is 9.97 Å². The van der Waals surface area contributed by atoms with Gasteiger partial charge in [0.15, 0.2) is 0 Å². The Bertz CT molecular complexity index is 727. The number of fused-ring (bicyclic) bond motifs is 1. The van der Waals surface area contributed by atoms with Crippen LogP contribution >= 0.6 is 23.2 Å². The van der Waals surface area contributed by atoms with Crippen LogP contribution in [0, 0.1) is 0 Å². The molecule has 0 spiro atoms. The maximum atomic E-state index is 6.07. The quantitative estimate of drug-likeness (QED) is 0.640. The number of hydrogen-bond acceptors (Lipinski definition) is 2. The maximum absolute atomic E-state index is 6.07. The first-order valence-corrected chi connectivity index (χ1v) is 6.77. The van der Waals surface area contributed by atoms with Crippen LogP contribution in [0.15, 0.2) is 48.5 Å². The van der Waals surface area contributed by atoms with Gasteiger partial charge in [-0.3, -0.25) is 0 Å². The van der Waals surface area contributed by atoms with Crippen LogP contribution in [0.4, 0.5) is 0 Å². The van der Waals surface area contributed by atoms with Crippen molar-refractivity contribution >= 4 is 34.1 Å². The number of rotatable bonds is 2. The summed E-state index contributed by atoms with van der Waals surface area (Å²) in [6, 6.07) is 15.6. The van der Waals surface area contributed by atoms with Gasteiger partial charge in [0, 0.05) is 16.0 Å². The molecule has 0 aliphatic carbocycles. The van der Waals surface area contributed by atoms with Gasteiger partial charge in [0.05, 0.1) is 17.1 Å². The topological polar surface area (TPSA) is 25.8 Å². The predicted octanol–water partition coefficient (Wildman–Crippen LogP) is 4.69. The Balaban J connectivity index is 2.35. The fraction of sp³-hybridized carbons (Fsp3) is 0.0667. The van der Waals surface area contributed by atoms with E-state index in [0.717, 1.165) is 22.2 Å². The Morgan fingerprint density at radius 3 is 2.47 bits per heavy atom. The molecule has 0 unspecified atom stereocenters. The molecule has 0 amide bonds. The number of alkyl halides is 1. The average Bonchev–Trinajstić information content (AvgIpc) is 2.47. The number of hydrogen-bond donors (Lipinski definition) is 0. The molecule has 1 heterocycles. The minimum atomic E-state index is 0.290. The maximum Gasteiger partial charge on any atom is 0.144 e. The van der Waals surface area contributed by atoms with Gasteiger partial charge in [-0.15, -0.1) is 11.6 Å². The largest absolute Gasteiger partial charge is 0.232 e. The standard InChI is InChI=1S/C15H10Cl2N2/c16-9-14-18-13-7-6-11(17)8-12(13)15(19-14)10-4-2-1-3-5-10/h1-8H,9H2.